The van der Waals surface area contributed by atoms with Gasteiger partial charge in [0.05, 0.1) is 23.4 Å². The fourth-order valence-electron chi connectivity index (χ4n) is 1.70. The van der Waals surface area contributed by atoms with Gasteiger partial charge in [-0.3, -0.25) is 0 Å². The van der Waals surface area contributed by atoms with Crippen molar-refractivity contribution in [2.75, 3.05) is 0 Å². The van der Waals surface area contributed by atoms with E-state index in [1.807, 2.05) is 0 Å². The van der Waals surface area contributed by atoms with Crippen LogP contribution in [-0.4, -0.2) is 43.8 Å². The van der Waals surface area contributed by atoms with E-state index in [1.165, 1.54) is 0 Å². The molecule has 110 valence electrons. The highest BCUT2D eigenvalue weighted by Crippen LogP contribution is 2.18. The lowest BCUT2D eigenvalue weighted by atomic mass is 9.94. The molecule has 0 aromatic heterocycles. The van der Waals surface area contributed by atoms with Crippen molar-refractivity contribution in [1.29, 1.82) is 0 Å². The van der Waals surface area contributed by atoms with Crippen LogP contribution in [0.5, 0.6) is 0 Å². The van der Waals surface area contributed by atoms with Crippen LogP contribution >= 0.6 is 0 Å². The van der Waals surface area contributed by atoms with Crippen LogP contribution in [0.15, 0.2) is 0 Å². The largest absolute Gasteiger partial charge is 0.390 e. The molecule has 0 bridgehead atoms. The van der Waals surface area contributed by atoms with Gasteiger partial charge in [-0.1, -0.05) is 12.8 Å². The molecule has 4 N–H and O–H groups in total. The van der Waals surface area contributed by atoms with Gasteiger partial charge in [-0.05, 0) is 53.4 Å². The number of hydrogen-bond acceptors (Lipinski definition) is 4. The summed E-state index contributed by atoms with van der Waals surface area (Å²) in [4.78, 5) is 0. The summed E-state index contributed by atoms with van der Waals surface area (Å²) in [5, 5.41) is 36.4. The molecule has 0 aliphatic heterocycles. The molecule has 0 amide bonds. The van der Waals surface area contributed by atoms with Gasteiger partial charge in [-0.15, -0.1) is 0 Å². The summed E-state index contributed by atoms with van der Waals surface area (Å²) in [6.07, 6.45) is 4.08. The number of hydrogen-bond donors (Lipinski definition) is 4. The summed E-state index contributed by atoms with van der Waals surface area (Å²) in [6, 6.07) is 0. The van der Waals surface area contributed by atoms with Gasteiger partial charge in [0.25, 0.3) is 0 Å². The predicted molar refractivity (Wildman–Crippen MR) is 72.3 cm³/mol. The molecule has 1 fully saturated rings. The maximum absolute atomic E-state index is 9.27. The minimum atomic E-state index is -0.653. The first-order valence-corrected chi connectivity index (χ1v) is 6.82. The zero-order chi connectivity index (χ0) is 14.4. The molecule has 0 saturated heterocycles. The first kappa shape index (κ1) is 17.8. The van der Waals surface area contributed by atoms with Gasteiger partial charge in [0.1, 0.15) is 0 Å². The van der Waals surface area contributed by atoms with Crippen molar-refractivity contribution in [2.24, 2.45) is 0 Å². The van der Waals surface area contributed by atoms with Gasteiger partial charge in [0.15, 0.2) is 0 Å². The zero-order valence-corrected chi connectivity index (χ0v) is 12.2. The minimum absolute atomic E-state index is 0.441. The van der Waals surface area contributed by atoms with Crippen molar-refractivity contribution >= 4 is 0 Å². The van der Waals surface area contributed by atoms with E-state index in [0.29, 0.717) is 12.8 Å². The van der Waals surface area contributed by atoms with Crippen LogP contribution in [0.25, 0.3) is 0 Å². The van der Waals surface area contributed by atoms with Crippen molar-refractivity contribution in [3.05, 3.63) is 0 Å². The molecule has 1 saturated carbocycles. The molecule has 0 aromatic carbocycles. The fraction of sp³-hybridized carbons (Fsp3) is 1.00. The third kappa shape index (κ3) is 11.0. The minimum Gasteiger partial charge on any atom is -0.390 e. The Kier molecular flexibility index (Phi) is 7.37. The second-order valence-electron chi connectivity index (χ2n) is 6.54. The average Bonchev–Trinajstić information content (AvgIpc) is 2.19. The Morgan fingerprint density at radius 2 is 1.06 bits per heavy atom. The zero-order valence-electron chi connectivity index (χ0n) is 12.2. The molecule has 0 radical (unpaired) electrons. The molecule has 4 nitrogen and oxygen atoms in total. The molecule has 2 unspecified atom stereocenters. The van der Waals surface area contributed by atoms with Gasteiger partial charge in [0, 0.05) is 0 Å². The highest BCUT2D eigenvalue weighted by atomic mass is 16.3. The fourth-order valence-corrected chi connectivity index (χ4v) is 1.70. The topological polar surface area (TPSA) is 80.9 Å². The summed E-state index contributed by atoms with van der Waals surface area (Å²) in [7, 11) is 0. The lowest BCUT2D eigenvalue weighted by Gasteiger charge is -2.23. The third-order valence-corrected chi connectivity index (χ3v) is 3.04. The molecule has 1 aliphatic carbocycles. The summed E-state index contributed by atoms with van der Waals surface area (Å²) in [6.45, 7) is 7.00. The van der Waals surface area contributed by atoms with Crippen LogP contribution in [0.3, 0.4) is 0 Å². The molecule has 2 atom stereocenters. The van der Waals surface area contributed by atoms with Crippen LogP contribution in [0.4, 0.5) is 0 Å². The smallest absolute Gasteiger partial charge is 0.0799 e. The Morgan fingerprint density at radius 3 is 1.22 bits per heavy atom. The first-order valence-electron chi connectivity index (χ1n) is 6.82. The highest BCUT2D eigenvalue weighted by Gasteiger charge is 2.20. The van der Waals surface area contributed by atoms with Gasteiger partial charge in [-0.2, -0.15) is 0 Å². The lowest BCUT2D eigenvalue weighted by molar-refractivity contribution is -0.00865. The van der Waals surface area contributed by atoms with Crippen LogP contribution in [0.2, 0.25) is 0 Å². The van der Waals surface area contributed by atoms with E-state index in [-0.39, 0.29) is 0 Å². The van der Waals surface area contributed by atoms with Crippen LogP contribution in [0, 0.1) is 0 Å². The number of aliphatic hydroxyl groups excluding tert-OH is 2. The van der Waals surface area contributed by atoms with Gasteiger partial charge in [0.2, 0.25) is 0 Å². The van der Waals surface area contributed by atoms with Gasteiger partial charge in [-0.25, -0.2) is 0 Å². The Bertz CT molecular complexity index is 191. The molecule has 4 heteroatoms. The van der Waals surface area contributed by atoms with Crippen molar-refractivity contribution < 1.29 is 20.4 Å². The van der Waals surface area contributed by atoms with Crippen molar-refractivity contribution in [3.8, 4) is 0 Å². The normalized spacial score (nSPS) is 25.3. The van der Waals surface area contributed by atoms with Gasteiger partial charge >= 0.3 is 0 Å². The predicted octanol–water partition coefficient (Wildman–Crippen LogP) is 1.59. The van der Waals surface area contributed by atoms with Crippen molar-refractivity contribution in [3.63, 3.8) is 0 Å². The molecular formula is C14H30O4. The van der Waals surface area contributed by atoms with Gasteiger partial charge < -0.3 is 20.4 Å². The standard InChI is InChI=1S/C8H18O2.C6H12O2/c1-7(2,9)5-6-8(3,4)10;7-5-3-1-2-4-6(5)8/h9-10H,5-6H2,1-4H3;5-8H,1-4H2. The van der Waals surface area contributed by atoms with Crippen LogP contribution in [0.1, 0.15) is 66.2 Å². The number of rotatable bonds is 3. The second kappa shape index (κ2) is 7.43. The maximum Gasteiger partial charge on any atom is 0.0799 e. The molecule has 0 spiro atoms. The summed E-state index contributed by atoms with van der Waals surface area (Å²) >= 11 is 0. The Hall–Kier alpha value is -0.160. The summed E-state index contributed by atoms with van der Waals surface area (Å²) in [5.41, 5.74) is -1.31. The van der Waals surface area contributed by atoms with E-state index in [0.717, 1.165) is 25.7 Å². The highest BCUT2D eigenvalue weighted by molar-refractivity contribution is 4.73. The molecule has 1 rings (SSSR count). The Balaban J connectivity index is 0.000000327. The van der Waals surface area contributed by atoms with Crippen LogP contribution in [-0.2, 0) is 0 Å². The lowest BCUT2D eigenvalue weighted by Crippen LogP contribution is -2.28. The van der Waals surface area contributed by atoms with E-state index in [9.17, 15) is 10.2 Å². The summed E-state index contributed by atoms with van der Waals surface area (Å²) < 4.78 is 0. The van der Waals surface area contributed by atoms with E-state index in [1.54, 1.807) is 27.7 Å². The van der Waals surface area contributed by atoms with E-state index >= 15 is 0 Å². The third-order valence-electron chi connectivity index (χ3n) is 3.04. The average molecular weight is 262 g/mol. The SMILES string of the molecule is CC(C)(O)CCC(C)(C)O.OC1CCCCC1O. The Morgan fingerprint density at radius 1 is 0.778 bits per heavy atom. The van der Waals surface area contributed by atoms with E-state index in [2.05, 4.69) is 0 Å². The van der Waals surface area contributed by atoms with E-state index < -0.39 is 23.4 Å². The molecule has 0 aromatic rings. The maximum atomic E-state index is 9.27. The molecule has 18 heavy (non-hydrogen) atoms. The number of aliphatic hydroxyl groups is 4. The monoisotopic (exact) mass is 262 g/mol. The first-order chi connectivity index (χ1) is 8.01. The summed E-state index contributed by atoms with van der Waals surface area (Å²) in [5.74, 6) is 0. The molecule has 0 heterocycles. The van der Waals surface area contributed by atoms with Crippen molar-refractivity contribution in [2.45, 2.75) is 89.6 Å². The molecule has 1 aliphatic rings. The Labute approximate surface area is 111 Å². The second-order valence-corrected chi connectivity index (χ2v) is 6.54. The van der Waals surface area contributed by atoms with E-state index in [4.69, 9.17) is 10.2 Å². The molecular weight excluding hydrogens is 232 g/mol. The van der Waals surface area contributed by atoms with Crippen LogP contribution < -0.4 is 0 Å². The quantitative estimate of drug-likeness (QED) is 0.622. The van der Waals surface area contributed by atoms with Crippen molar-refractivity contribution in [1.82, 2.24) is 0 Å².